The van der Waals surface area contributed by atoms with E-state index in [-0.39, 0.29) is 23.0 Å². The first-order chi connectivity index (χ1) is 9.61. The number of hydrogen-bond acceptors (Lipinski definition) is 5. The third-order valence-corrected chi connectivity index (χ3v) is 4.64. The van der Waals surface area contributed by atoms with E-state index in [0.29, 0.717) is 26.1 Å². The van der Waals surface area contributed by atoms with Crippen molar-refractivity contribution in [1.82, 2.24) is 9.80 Å². The SMILES string of the molecule is COC(=O)[C@H]1CCCN(C(=O)CCN2CCSC2=O)C1. The van der Waals surface area contributed by atoms with Crippen molar-refractivity contribution < 1.29 is 19.1 Å². The molecule has 0 aromatic rings. The molecule has 0 N–H and O–H groups in total. The van der Waals surface area contributed by atoms with Gasteiger partial charge in [-0.2, -0.15) is 0 Å². The summed E-state index contributed by atoms with van der Waals surface area (Å²) in [5.74, 6) is 0.375. The van der Waals surface area contributed by atoms with E-state index in [0.717, 1.165) is 25.1 Å². The van der Waals surface area contributed by atoms with Crippen molar-refractivity contribution in [2.45, 2.75) is 19.3 Å². The lowest BCUT2D eigenvalue weighted by molar-refractivity contribution is -0.149. The molecule has 2 heterocycles. The number of thioether (sulfide) groups is 1. The number of methoxy groups -OCH3 is 1. The number of carbonyl (C=O) groups excluding carboxylic acids is 3. The topological polar surface area (TPSA) is 66.9 Å². The van der Waals surface area contributed by atoms with Crippen LogP contribution in [0.15, 0.2) is 0 Å². The van der Waals surface area contributed by atoms with Crippen LogP contribution in [-0.4, -0.2) is 66.0 Å². The zero-order chi connectivity index (χ0) is 14.5. The fourth-order valence-corrected chi connectivity index (χ4v) is 3.43. The summed E-state index contributed by atoms with van der Waals surface area (Å²) in [6.07, 6.45) is 1.93. The Labute approximate surface area is 122 Å². The van der Waals surface area contributed by atoms with Gasteiger partial charge < -0.3 is 14.5 Å². The number of rotatable bonds is 4. The third kappa shape index (κ3) is 3.65. The maximum atomic E-state index is 12.1. The van der Waals surface area contributed by atoms with Crippen molar-refractivity contribution in [2.24, 2.45) is 5.92 Å². The Bertz CT molecular complexity index is 402. The van der Waals surface area contributed by atoms with Gasteiger partial charge in [-0.15, -0.1) is 0 Å². The van der Waals surface area contributed by atoms with E-state index in [1.807, 2.05) is 0 Å². The van der Waals surface area contributed by atoms with Gasteiger partial charge in [0.2, 0.25) is 5.91 Å². The Morgan fingerprint density at radius 1 is 1.40 bits per heavy atom. The van der Waals surface area contributed by atoms with Crippen molar-refractivity contribution in [3.8, 4) is 0 Å². The second-order valence-corrected chi connectivity index (χ2v) is 6.10. The molecule has 2 rings (SSSR count). The van der Waals surface area contributed by atoms with Crippen molar-refractivity contribution in [2.75, 3.05) is 39.0 Å². The summed E-state index contributed by atoms with van der Waals surface area (Å²) in [4.78, 5) is 38.6. The van der Waals surface area contributed by atoms with Crippen LogP contribution in [0.25, 0.3) is 0 Å². The summed E-state index contributed by atoms with van der Waals surface area (Å²) in [7, 11) is 1.37. The number of amides is 2. The highest BCUT2D eigenvalue weighted by Gasteiger charge is 2.29. The molecule has 0 bridgehead atoms. The maximum absolute atomic E-state index is 12.1. The van der Waals surface area contributed by atoms with E-state index in [9.17, 15) is 14.4 Å². The Kier molecular flexibility index (Phi) is 5.28. The smallest absolute Gasteiger partial charge is 0.310 e. The van der Waals surface area contributed by atoms with Crippen LogP contribution in [-0.2, 0) is 14.3 Å². The van der Waals surface area contributed by atoms with E-state index in [1.165, 1.54) is 18.9 Å². The van der Waals surface area contributed by atoms with Gasteiger partial charge in [0, 0.05) is 38.4 Å². The first-order valence-corrected chi connectivity index (χ1v) is 7.87. The summed E-state index contributed by atoms with van der Waals surface area (Å²) < 4.78 is 4.74. The lowest BCUT2D eigenvalue weighted by Gasteiger charge is -2.31. The minimum Gasteiger partial charge on any atom is -0.469 e. The van der Waals surface area contributed by atoms with Crippen molar-refractivity contribution in [1.29, 1.82) is 0 Å². The van der Waals surface area contributed by atoms with Gasteiger partial charge in [0.1, 0.15) is 0 Å². The van der Waals surface area contributed by atoms with Crippen LogP contribution in [0.5, 0.6) is 0 Å². The minimum atomic E-state index is -0.242. The lowest BCUT2D eigenvalue weighted by Crippen LogP contribution is -2.43. The van der Waals surface area contributed by atoms with E-state index >= 15 is 0 Å². The molecule has 0 aromatic heterocycles. The molecule has 2 aliphatic heterocycles. The van der Waals surface area contributed by atoms with Gasteiger partial charge in [-0.1, -0.05) is 11.8 Å². The van der Waals surface area contributed by atoms with Crippen LogP contribution < -0.4 is 0 Å². The molecule has 2 aliphatic rings. The average molecular weight is 300 g/mol. The fourth-order valence-electron chi connectivity index (χ4n) is 2.58. The molecule has 0 aromatic carbocycles. The van der Waals surface area contributed by atoms with Gasteiger partial charge in [0.15, 0.2) is 0 Å². The van der Waals surface area contributed by atoms with Gasteiger partial charge in [-0.3, -0.25) is 14.4 Å². The highest BCUT2D eigenvalue weighted by Crippen LogP contribution is 2.20. The van der Waals surface area contributed by atoms with Crippen molar-refractivity contribution in [3.63, 3.8) is 0 Å². The van der Waals surface area contributed by atoms with Crippen LogP contribution >= 0.6 is 11.8 Å². The van der Waals surface area contributed by atoms with Gasteiger partial charge in [-0.05, 0) is 12.8 Å². The zero-order valence-corrected chi connectivity index (χ0v) is 12.5. The monoisotopic (exact) mass is 300 g/mol. The molecule has 0 unspecified atom stereocenters. The molecule has 6 nitrogen and oxygen atoms in total. The third-order valence-electron chi connectivity index (χ3n) is 3.75. The normalized spacial score (nSPS) is 23.1. The molecular formula is C13H20N2O4S. The summed E-state index contributed by atoms with van der Waals surface area (Å²) in [6, 6.07) is 0. The first-order valence-electron chi connectivity index (χ1n) is 6.89. The average Bonchev–Trinajstić information content (AvgIpc) is 2.89. The van der Waals surface area contributed by atoms with Gasteiger partial charge >= 0.3 is 5.97 Å². The number of hydrogen-bond donors (Lipinski definition) is 0. The predicted octanol–water partition coefficient (Wildman–Crippen LogP) is 0.957. The fraction of sp³-hybridized carbons (Fsp3) is 0.769. The first kappa shape index (κ1) is 15.2. The number of ether oxygens (including phenoxy) is 1. The molecule has 112 valence electrons. The van der Waals surface area contributed by atoms with Gasteiger partial charge in [0.05, 0.1) is 13.0 Å². The Morgan fingerprint density at radius 2 is 2.20 bits per heavy atom. The van der Waals surface area contributed by atoms with E-state index in [4.69, 9.17) is 4.74 Å². The Hall–Kier alpha value is -1.24. The summed E-state index contributed by atoms with van der Waals surface area (Å²) in [6.45, 7) is 2.33. The quantitative estimate of drug-likeness (QED) is 0.723. The van der Waals surface area contributed by atoms with Crippen LogP contribution in [0, 0.1) is 5.92 Å². The van der Waals surface area contributed by atoms with Crippen LogP contribution in [0.2, 0.25) is 0 Å². The molecule has 20 heavy (non-hydrogen) atoms. The molecule has 0 spiro atoms. The van der Waals surface area contributed by atoms with Gasteiger partial charge in [-0.25, -0.2) is 0 Å². The molecule has 2 fully saturated rings. The van der Waals surface area contributed by atoms with Crippen LogP contribution in [0.3, 0.4) is 0 Å². The number of piperidine rings is 1. The summed E-state index contributed by atoms with van der Waals surface area (Å²) >= 11 is 1.30. The van der Waals surface area contributed by atoms with E-state index < -0.39 is 0 Å². The van der Waals surface area contributed by atoms with Crippen LogP contribution in [0.4, 0.5) is 4.79 Å². The van der Waals surface area contributed by atoms with Crippen LogP contribution in [0.1, 0.15) is 19.3 Å². The van der Waals surface area contributed by atoms with E-state index in [2.05, 4.69) is 0 Å². The van der Waals surface area contributed by atoms with Crippen molar-refractivity contribution >= 4 is 28.9 Å². The lowest BCUT2D eigenvalue weighted by atomic mass is 9.98. The van der Waals surface area contributed by atoms with E-state index in [1.54, 1.807) is 9.80 Å². The minimum absolute atomic E-state index is 0.0169. The zero-order valence-electron chi connectivity index (χ0n) is 11.7. The predicted molar refractivity (Wildman–Crippen MR) is 75.4 cm³/mol. The van der Waals surface area contributed by atoms with Gasteiger partial charge in [0.25, 0.3) is 5.24 Å². The largest absolute Gasteiger partial charge is 0.469 e. The molecule has 1 atom stereocenters. The molecular weight excluding hydrogens is 280 g/mol. The Balaban J connectivity index is 1.79. The number of likely N-dealkylation sites (tertiary alicyclic amines) is 1. The second kappa shape index (κ2) is 6.97. The Morgan fingerprint density at radius 3 is 2.85 bits per heavy atom. The van der Waals surface area contributed by atoms with Crippen molar-refractivity contribution in [3.05, 3.63) is 0 Å². The summed E-state index contributed by atoms with van der Waals surface area (Å²) in [5, 5.41) is 0.0591. The molecule has 0 aliphatic carbocycles. The second-order valence-electron chi connectivity index (χ2n) is 5.05. The molecule has 2 saturated heterocycles. The standard InChI is InChI=1S/C13H20N2O4S/c1-19-12(17)10-3-2-5-15(9-10)11(16)4-6-14-7-8-20-13(14)18/h10H,2-9H2,1H3/t10-/m0/s1. The molecule has 0 radical (unpaired) electrons. The maximum Gasteiger partial charge on any atom is 0.310 e. The molecule has 7 heteroatoms. The number of esters is 1. The summed E-state index contributed by atoms with van der Waals surface area (Å²) in [5.41, 5.74) is 0. The highest BCUT2D eigenvalue weighted by molar-refractivity contribution is 8.13. The number of nitrogens with zero attached hydrogens (tertiary/aromatic N) is 2. The molecule has 2 amide bonds. The highest BCUT2D eigenvalue weighted by atomic mass is 32.2. The molecule has 0 saturated carbocycles. The number of carbonyl (C=O) groups is 3.